The Hall–Kier alpha value is -2.07. The molecule has 0 atom stereocenters. The van der Waals surface area contributed by atoms with Gasteiger partial charge in [0.25, 0.3) is 0 Å². The van der Waals surface area contributed by atoms with Crippen LogP contribution < -0.4 is 5.32 Å². The van der Waals surface area contributed by atoms with Gasteiger partial charge in [-0.2, -0.15) is 4.31 Å². The van der Waals surface area contributed by atoms with Crippen molar-refractivity contribution in [1.82, 2.24) is 9.29 Å². The van der Waals surface area contributed by atoms with Gasteiger partial charge in [-0.05, 0) is 30.7 Å². The summed E-state index contributed by atoms with van der Waals surface area (Å²) in [5.74, 6) is -0.288. The van der Waals surface area contributed by atoms with Gasteiger partial charge in [0.15, 0.2) is 5.13 Å². The van der Waals surface area contributed by atoms with Crippen LogP contribution in [0.3, 0.4) is 0 Å². The van der Waals surface area contributed by atoms with E-state index >= 15 is 0 Å². The van der Waals surface area contributed by atoms with Crippen molar-refractivity contribution in [3.8, 4) is 0 Å². The molecule has 1 aromatic heterocycles. The van der Waals surface area contributed by atoms with Crippen LogP contribution in [0, 0.1) is 6.92 Å². The topological polar surface area (TPSA) is 88.6 Å². The van der Waals surface area contributed by atoms with E-state index in [0.29, 0.717) is 31.4 Å². The Bertz CT molecular complexity index is 898. The van der Waals surface area contributed by atoms with Crippen molar-refractivity contribution in [2.45, 2.75) is 11.8 Å². The van der Waals surface area contributed by atoms with Crippen LogP contribution in [0.25, 0.3) is 6.08 Å². The Labute approximate surface area is 156 Å². The highest BCUT2D eigenvalue weighted by Gasteiger charge is 2.25. The first-order valence-electron chi connectivity index (χ1n) is 8.04. The second-order valence-electron chi connectivity index (χ2n) is 5.68. The number of hydrogen-bond donors (Lipinski definition) is 1. The lowest BCUT2D eigenvalue weighted by Crippen LogP contribution is -2.40. The molecule has 138 valence electrons. The lowest BCUT2D eigenvalue weighted by Gasteiger charge is -2.26. The first kappa shape index (κ1) is 18.7. The van der Waals surface area contributed by atoms with Gasteiger partial charge in [-0.3, -0.25) is 10.1 Å². The lowest BCUT2D eigenvalue weighted by molar-refractivity contribution is -0.111. The third-order valence-electron chi connectivity index (χ3n) is 3.77. The van der Waals surface area contributed by atoms with E-state index in [1.165, 1.54) is 21.7 Å². The van der Waals surface area contributed by atoms with Gasteiger partial charge in [0, 0.05) is 30.2 Å². The number of morpholine rings is 1. The average Bonchev–Trinajstić information content (AvgIpc) is 3.06. The predicted octanol–water partition coefficient (Wildman–Crippen LogP) is 2.12. The molecule has 7 nitrogen and oxygen atoms in total. The Morgan fingerprint density at radius 1 is 1.27 bits per heavy atom. The first-order chi connectivity index (χ1) is 12.4. The van der Waals surface area contributed by atoms with Gasteiger partial charge in [0.2, 0.25) is 15.9 Å². The number of nitrogens with zero attached hydrogens (tertiary/aromatic N) is 2. The summed E-state index contributed by atoms with van der Waals surface area (Å²) in [6, 6.07) is 6.44. The van der Waals surface area contributed by atoms with E-state index in [-0.39, 0.29) is 10.8 Å². The molecular weight excluding hydrogens is 374 g/mol. The van der Waals surface area contributed by atoms with Gasteiger partial charge < -0.3 is 4.74 Å². The molecule has 1 amide bonds. The Morgan fingerprint density at radius 3 is 2.58 bits per heavy atom. The molecule has 3 rings (SSSR count). The largest absolute Gasteiger partial charge is 0.379 e. The molecule has 2 heterocycles. The molecule has 1 saturated heterocycles. The number of sulfonamides is 1. The van der Waals surface area contributed by atoms with Crippen molar-refractivity contribution in [3.05, 3.63) is 47.0 Å². The highest BCUT2D eigenvalue weighted by Crippen LogP contribution is 2.19. The van der Waals surface area contributed by atoms with E-state index in [9.17, 15) is 13.2 Å². The fraction of sp³-hybridized carbons (Fsp3) is 0.294. The van der Waals surface area contributed by atoms with E-state index < -0.39 is 10.0 Å². The number of anilines is 1. The summed E-state index contributed by atoms with van der Waals surface area (Å²) in [7, 11) is -3.51. The first-order valence-corrected chi connectivity index (χ1v) is 10.3. The molecule has 26 heavy (non-hydrogen) atoms. The molecular formula is C17H19N3O4S2. The standard InChI is InChI=1S/C17H19N3O4S2/c1-13-12-18-17(25-13)19-16(21)7-4-14-2-5-15(6-3-14)26(22,23)20-8-10-24-11-9-20/h2-7,12H,8-11H2,1H3,(H,18,19,21)/b7-4+. The van der Waals surface area contributed by atoms with Crippen LogP contribution in [0.4, 0.5) is 5.13 Å². The molecule has 1 fully saturated rings. The maximum Gasteiger partial charge on any atom is 0.250 e. The van der Waals surface area contributed by atoms with Crippen molar-refractivity contribution < 1.29 is 17.9 Å². The summed E-state index contributed by atoms with van der Waals surface area (Å²) < 4.78 is 31.7. The summed E-state index contributed by atoms with van der Waals surface area (Å²) in [5, 5.41) is 3.22. The van der Waals surface area contributed by atoms with Crippen molar-refractivity contribution in [3.63, 3.8) is 0 Å². The minimum atomic E-state index is -3.51. The molecule has 0 unspecified atom stereocenters. The highest BCUT2D eigenvalue weighted by molar-refractivity contribution is 7.89. The van der Waals surface area contributed by atoms with Gasteiger partial charge in [-0.25, -0.2) is 13.4 Å². The third-order valence-corrected chi connectivity index (χ3v) is 6.51. The minimum Gasteiger partial charge on any atom is -0.379 e. The quantitative estimate of drug-likeness (QED) is 0.786. The summed E-state index contributed by atoms with van der Waals surface area (Å²) in [4.78, 5) is 17.2. The zero-order valence-corrected chi connectivity index (χ0v) is 15.8. The van der Waals surface area contributed by atoms with Gasteiger partial charge in [0.1, 0.15) is 0 Å². The second-order valence-corrected chi connectivity index (χ2v) is 8.86. The van der Waals surface area contributed by atoms with Crippen LogP contribution in [0.1, 0.15) is 10.4 Å². The molecule has 0 saturated carbocycles. The lowest BCUT2D eigenvalue weighted by atomic mass is 10.2. The molecule has 9 heteroatoms. The number of aryl methyl sites for hydroxylation is 1. The number of hydrogen-bond acceptors (Lipinski definition) is 6. The van der Waals surface area contributed by atoms with Crippen molar-refractivity contribution in [1.29, 1.82) is 0 Å². The molecule has 1 aliphatic heterocycles. The number of nitrogens with one attached hydrogen (secondary N) is 1. The van der Waals surface area contributed by atoms with Crippen LogP contribution >= 0.6 is 11.3 Å². The summed E-state index contributed by atoms with van der Waals surface area (Å²) in [6.07, 6.45) is 4.71. The minimum absolute atomic E-state index is 0.235. The van der Waals surface area contributed by atoms with Gasteiger partial charge in [-0.1, -0.05) is 12.1 Å². The smallest absolute Gasteiger partial charge is 0.250 e. The second kappa shape index (κ2) is 8.09. The zero-order valence-electron chi connectivity index (χ0n) is 14.2. The van der Waals surface area contributed by atoms with Gasteiger partial charge in [-0.15, -0.1) is 11.3 Å². The van der Waals surface area contributed by atoms with Gasteiger partial charge >= 0.3 is 0 Å². The van der Waals surface area contributed by atoms with Crippen LogP contribution in [0.2, 0.25) is 0 Å². The SMILES string of the molecule is Cc1cnc(NC(=O)/C=C/c2ccc(S(=O)(=O)N3CCOCC3)cc2)s1. The Balaban J connectivity index is 1.64. The Morgan fingerprint density at radius 2 is 1.96 bits per heavy atom. The van der Waals surface area contributed by atoms with Crippen LogP contribution in [-0.4, -0.2) is 49.9 Å². The molecule has 1 aliphatic rings. The molecule has 0 spiro atoms. The Kier molecular flexibility index (Phi) is 5.82. The maximum atomic E-state index is 12.6. The molecule has 0 bridgehead atoms. The van der Waals surface area contributed by atoms with Crippen LogP contribution in [-0.2, 0) is 19.6 Å². The number of carbonyl (C=O) groups excluding carboxylic acids is 1. The summed E-state index contributed by atoms with van der Waals surface area (Å²) in [6.45, 7) is 3.46. The number of carbonyl (C=O) groups is 1. The van der Waals surface area contributed by atoms with Crippen LogP contribution in [0.5, 0.6) is 0 Å². The average molecular weight is 393 g/mol. The van der Waals surface area contributed by atoms with Crippen molar-refractivity contribution >= 4 is 38.5 Å². The number of ether oxygens (including phenoxy) is 1. The number of benzene rings is 1. The monoisotopic (exact) mass is 393 g/mol. The van der Waals surface area contributed by atoms with E-state index in [1.807, 2.05) is 6.92 Å². The number of rotatable bonds is 5. The zero-order chi connectivity index (χ0) is 18.6. The van der Waals surface area contributed by atoms with E-state index in [4.69, 9.17) is 4.74 Å². The van der Waals surface area contributed by atoms with E-state index in [0.717, 1.165) is 10.4 Å². The summed E-state index contributed by atoms with van der Waals surface area (Å²) >= 11 is 1.40. The van der Waals surface area contributed by atoms with E-state index in [1.54, 1.807) is 36.5 Å². The highest BCUT2D eigenvalue weighted by atomic mass is 32.2. The molecule has 1 aromatic carbocycles. The third kappa shape index (κ3) is 4.55. The van der Waals surface area contributed by atoms with Crippen molar-refractivity contribution in [2.75, 3.05) is 31.6 Å². The molecule has 0 radical (unpaired) electrons. The normalized spacial score (nSPS) is 16.0. The maximum absolute atomic E-state index is 12.6. The number of aromatic nitrogens is 1. The summed E-state index contributed by atoms with van der Waals surface area (Å²) in [5.41, 5.74) is 0.733. The molecule has 2 aromatic rings. The van der Waals surface area contributed by atoms with Crippen LogP contribution in [0.15, 0.2) is 41.4 Å². The number of amides is 1. The van der Waals surface area contributed by atoms with E-state index in [2.05, 4.69) is 10.3 Å². The molecule has 0 aliphatic carbocycles. The van der Waals surface area contributed by atoms with Crippen molar-refractivity contribution in [2.24, 2.45) is 0 Å². The predicted molar refractivity (Wildman–Crippen MR) is 101 cm³/mol. The number of thiazole rings is 1. The molecule has 1 N–H and O–H groups in total. The fourth-order valence-electron chi connectivity index (χ4n) is 2.42. The fourth-order valence-corrected chi connectivity index (χ4v) is 4.49. The van der Waals surface area contributed by atoms with Gasteiger partial charge in [0.05, 0.1) is 18.1 Å².